The molecule has 0 saturated carbocycles. The van der Waals surface area contributed by atoms with Gasteiger partial charge in [-0.3, -0.25) is 14.0 Å². The monoisotopic (exact) mass is 386 g/mol. The minimum absolute atomic E-state index is 0.0893. The number of pyridine rings is 1. The minimum atomic E-state index is -0.141. The lowest BCUT2D eigenvalue weighted by Crippen LogP contribution is -2.33. The van der Waals surface area contributed by atoms with Crippen LogP contribution in [0.4, 0.5) is 0 Å². The Bertz CT molecular complexity index is 990. The maximum absolute atomic E-state index is 12.6. The zero-order valence-electron chi connectivity index (χ0n) is 16.1. The second kappa shape index (κ2) is 8.63. The molecule has 0 aliphatic carbocycles. The van der Waals surface area contributed by atoms with Crippen LogP contribution in [-0.4, -0.2) is 45.9 Å². The van der Waals surface area contributed by atoms with Crippen LogP contribution < -0.4 is 10.9 Å². The smallest absolute Gasteiger partial charge is 0.266 e. The number of hydrogen-bond acceptors (Lipinski definition) is 5. The van der Waals surface area contributed by atoms with Crippen LogP contribution in [0.5, 0.6) is 0 Å². The molecule has 144 valence electrons. The third-order valence-electron chi connectivity index (χ3n) is 4.82. The second-order valence-corrected chi connectivity index (χ2v) is 7.75. The SMILES string of the molecule is CCN(CC)CCC[C@H](C)NC(=O)c1cc2c(=O)n3ccccc3nc2s1. The molecule has 0 spiro atoms. The standard InChI is InChI=1S/C20H26N4O2S/c1-4-23(5-2)11-8-9-14(3)21-18(25)16-13-15-19(27-16)22-17-10-6-7-12-24(17)20(15)26/h6-7,10,12-14H,4-5,8-9,11H2,1-3H3,(H,21,25)/t14-/m0/s1. The zero-order valence-corrected chi connectivity index (χ0v) is 16.9. The fourth-order valence-electron chi connectivity index (χ4n) is 3.19. The van der Waals surface area contributed by atoms with Gasteiger partial charge >= 0.3 is 0 Å². The largest absolute Gasteiger partial charge is 0.349 e. The third-order valence-corrected chi connectivity index (χ3v) is 5.85. The maximum atomic E-state index is 12.6. The highest BCUT2D eigenvalue weighted by atomic mass is 32.1. The molecule has 0 aliphatic rings. The van der Waals surface area contributed by atoms with Crippen LogP contribution in [0, 0.1) is 0 Å². The topological polar surface area (TPSA) is 66.7 Å². The Morgan fingerprint density at radius 1 is 1.33 bits per heavy atom. The summed E-state index contributed by atoms with van der Waals surface area (Å²) in [6.07, 6.45) is 3.67. The van der Waals surface area contributed by atoms with E-state index in [0.717, 1.165) is 32.5 Å². The molecular formula is C20H26N4O2S. The fourth-order valence-corrected chi connectivity index (χ4v) is 4.12. The summed E-state index contributed by atoms with van der Waals surface area (Å²) in [7, 11) is 0. The van der Waals surface area contributed by atoms with Gasteiger partial charge in [0.05, 0.1) is 10.3 Å². The molecule has 6 nitrogen and oxygen atoms in total. The first kappa shape index (κ1) is 19.5. The van der Waals surface area contributed by atoms with E-state index in [1.54, 1.807) is 24.4 Å². The molecule has 7 heteroatoms. The number of thiophene rings is 1. The summed E-state index contributed by atoms with van der Waals surface area (Å²) in [5.41, 5.74) is 0.451. The molecule has 0 radical (unpaired) electrons. The lowest BCUT2D eigenvalue weighted by Gasteiger charge is -2.19. The van der Waals surface area contributed by atoms with Crippen molar-refractivity contribution in [1.82, 2.24) is 19.6 Å². The van der Waals surface area contributed by atoms with Crippen molar-refractivity contribution in [2.75, 3.05) is 19.6 Å². The molecule has 3 heterocycles. The van der Waals surface area contributed by atoms with Gasteiger partial charge in [-0.2, -0.15) is 0 Å². The second-order valence-electron chi connectivity index (χ2n) is 6.72. The van der Waals surface area contributed by atoms with E-state index in [2.05, 4.69) is 29.0 Å². The highest BCUT2D eigenvalue weighted by Gasteiger charge is 2.16. The quantitative estimate of drug-likeness (QED) is 0.646. The van der Waals surface area contributed by atoms with E-state index in [1.807, 2.05) is 13.0 Å². The van der Waals surface area contributed by atoms with Gasteiger partial charge in [0.25, 0.3) is 11.5 Å². The van der Waals surface area contributed by atoms with Gasteiger partial charge < -0.3 is 10.2 Å². The summed E-state index contributed by atoms with van der Waals surface area (Å²) in [6, 6.07) is 7.17. The number of amides is 1. The lowest BCUT2D eigenvalue weighted by molar-refractivity contribution is 0.0941. The Balaban J connectivity index is 1.70. The molecule has 3 aromatic heterocycles. The summed E-state index contributed by atoms with van der Waals surface area (Å²) in [6.45, 7) is 9.50. The van der Waals surface area contributed by atoms with Crippen molar-refractivity contribution in [3.05, 3.63) is 45.7 Å². The summed E-state index contributed by atoms with van der Waals surface area (Å²) in [5.74, 6) is -0.137. The van der Waals surface area contributed by atoms with E-state index in [-0.39, 0.29) is 17.5 Å². The van der Waals surface area contributed by atoms with Gasteiger partial charge in [0.15, 0.2) is 0 Å². The van der Waals surface area contributed by atoms with E-state index in [0.29, 0.717) is 20.7 Å². The van der Waals surface area contributed by atoms with Gasteiger partial charge in [-0.15, -0.1) is 11.3 Å². The molecule has 1 atom stereocenters. The van der Waals surface area contributed by atoms with E-state index >= 15 is 0 Å². The van der Waals surface area contributed by atoms with Gasteiger partial charge in [-0.25, -0.2) is 4.98 Å². The van der Waals surface area contributed by atoms with Crippen LogP contribution in [-0.2, 0) is 0 Å². The van der Waals surface area contributed by atoms with E-state index < -0.39 is 0 Å². The van der Waals surface area contributed by atoms with Crippen molar-refractivity contribution in [1.29, 1.82) is 0 Å². The van der Waals surface area contributed by atoms with Crippen LogP contribution in [0.1, 0.15) is 43.3 Å². The highest BCUT2D eigenvalue weighted by Crippen LogP contribution is 2.22. The van der Waals surface area contributed by atoms with Crippen molar-refractivity contribution < 1.29 is 4.79 Å². The molecule has 0 fully saturated rings. The van der Waals surface area contributed by atoms with Crippen molar-refractivity contribution in [2.45, 2.75) is 39.7 Å². The summed E-state index contributed by atoms with van der Waals surface area (Å²) in [4.78, 5) is 33.2. The third kappa shape index (κ3) is 4.36. The van der Waals surface area contributed by atoms with E-state index in [9.17, 15) is 9.59 Å². The number of nitrogens with one attached hydrogen (secondary N) is 1. The molecule has 0 aromatic carbocycles. The van der Waals surface area contributed by atoms with Crippen molar-refractivity contribution in [3.8, 4) is 0 Å². The molecular weight excluding hydrogens is 360 g/mol. The van der Waals surface area contributed by atoms with E-state index in [4.69, 9.17) is 0 Å². The number of hydrogen-bond donors (Lipinski definition) is 1. The molecule has 0 unspecified atom stereocenters. The van der Waals surface area contributed by atoms with Gasteiger partial charge in [-0.1, -0.05) is 19.9 Å². The Kier molecular flexibility index (Phi) is 6.23. The first-order valence-corrected chi connectivity index (χ1v) is 10.3. The van der Waals surface area contributed by atoms with E-state index in [1.165, 1.54) is 15.7 Å². The lowest BCUT2D eigenvalue weighted by atomic mass is 10.1. The first-order chi connectivity index (χ1) is 13.0. The van der Waals surface area contributed by atoms with Crippen LogP contribution in [0.15, 0.2) is 35.3 Å². The van der Waals surface area contributed by atoms with Crippen molar-refractivity contribution in [3.63, 3.8) is 0 Å². The van der Waals surface area contributed by atoms with Crippen LogP contribution in [0.3, 0.4) is 0 Å². The minimum Gasteiger partial charge on any atom is -0.349 e. The number of carbonyl (C=O) groups excluding carboxylic acids is 1. The van der Waals surface area contributed by atoms with Crippen LogP contribution >= 0.6 is 11.3 Å². The number of aromatic nitrogens is 2. The Hall–Kier alpha value is -2.25. The molecule has 27 heavy (non-hydrogen) atoms. The van der Waals surface area contributed by atoms with Gasteiger partial charge in [0, 0.05) is 12.2 Å². The van der Waals surface area contributed by atoms with Crippen LogP contribution in [0.2, 0.25) is 0 Å². The van der Waals surface area contributed by atoms with Gasteiger partial charge in [0.1, 0.15) is 10.5 Å². The summed E-state index contributed by atoms with van der Waals surface area (Å²) < 4.78 is 1.51. The Morgan fingerprint density at radius 3 is 2.85 bits per heavy atom. The first-order valence-electron chi connectivity index (χ1n) is 9.47. The molecule has 0 saturated heterocycles. The van der Waals surface area contributed by atoms with Gasteiger partial charge in [-0.05, 0) is 57.6 Å². The maximum Gasteiger partial charge on any atom is 0.266 e. The number of rotatable bonds is 8. The molecule has 0 aliphatic heterocycles. The highest BCUT2D eigenvalue weighted by molar-refractivity contribution is 7.20. The molecule has 0 bridgehead atoms. The number of nitrogens with zero attached hydrogens (tertiary/aromatic N) is 3. The van der Waals surface area contributed by atoms with Crippen molar-refractivity contribution in [2.24, 2.45) is 0 Å². The van der Waals surface area contributed by atoms with Crippen LogP contribution in [0.25, 0.3) is 15.9 Å². The Morgan fingerprint density at radius 2 is 2.11 bits per heavy atom. The molecule has 3 rings (SSSR count). The fraction of sp³-hybridized carbons (Fsp3) is 0.450. The molecule has 3 aromatic rings. The number of fused-ring (bicyclic) bond motifs is 2. The molecule has 1 amide bonds. The van der Waals surface area contributed by atoms with Gasteiger partial charge in [0.2, 0.25) is 0 Å². The molecule has 1 N–H and O–H groups in total. The Labute approximate surface area is 162 Å². The average Bonchev–Trinajstić information content (AvgIpc) is 3.10. The summed E-state index contributed by atoms with van der Waals surface area (Å²) in [5, 5.41) is 3.53. The average molecular weight is 387 g/mol. The predicted molar refractivity (Wildman–Crippen MR) is 111 cm³/mol. The predicted octanol–water partition coefficient (Wildman–Crippen LogP) is 3.15. The normalized spacial score (nSPS) is 12.7. The summed E-state index contributed by atoms with van der Waals surface area (Å²) >= 11 is 1.27. The zero-order chi connectivity index (χ0) is 19.4. The van der Waals surface area contributed by atoms with Crippen molar-refractivity contribution >= 4 is 33.1 Å². The number of carbonyl (C=O) groups is 1.